The van der Waals surface area contributed by atoms with Gasteiger partial charge in [-0.2, -0.15) is 5.10 Å². The molecule has 0 aromatic carbocycles. The first-order chi connectivity index (χ1) is 9.47. The molecule has 0 radical (unpaired) electrons. The van der Waals surface area contributed by atoms with E-state index in [9.17, 15) is 0 Å². The number of nitrogens with two attached hydrogens (primary N) is 1. The van der Waals surface area contributed by atoms with Crippen molar-refractivity contribution in [1.82, 2.24) is 14.7 Å². The van der Waals surface area contributed by atoms with Crippen LogP contribution in [0.2, 0.25) is 0 Å². The zero-order valence-corrected chi connectivity index (χ0v) is 14.2. The van der Waals surface area contributed by atoms with Crippen molar-refractivity contribution in [1.29, 1.82) is 0 Å². The largest absolute Gasteiger partial charge is 0.327 e. The number of rotatable bonds is 3. The van der Waals surface area contributed by atoms with Crippen LogP contribution in [0.5, 0.6) is 0 Å². The van der Waals surface area contributed by atoms with Crippen molar-refractivity contribution in [2.75, 3.05) is 7.05 Å². The van der Waals surface area contributed by atoms with Crippen LogP contribution in [-0.4, -0.2) is 39.9 Å². The number of nitrogens with zero attached hydrogens (tertiary/aromatic N) is 3. The van der Waals surface area contributed by atoms with Crippen molar-refractivity contribution in [3.05, 3.63) is 15.9 Å². The van der Waals surface area contributed by atoms with Gasteiger partial charge in [0.05, 0.1) is 15.9 Å². The molecule has 1 aromatic heterocycles. The first-order valence-corrected chi connectivity index (χ1v) is 8.42. The first-order valence-electron chi connectivity index (χ1n) is 7.62. The monoisotopic (exact) mass is 340 g/mol. The lowest BCUT2D eigenvalue weighted by molar-refractivity contribution is 0.120. The van der Waals surface area contributed by atoms with E-state index in [2.05, 4.69) is 33.0 Å². The second-order valence-electron chi connectivity index (χ2n) is 6.62. The highest BCUT2D eigenvalue weighted by Gasteiger charge is 2.40. The molecule has 2 fully saturated rings. The maximum atomic E-state index is 6.54. The Bertz CT molecular complexity index is 484. The summed E-state index contributed by atoms with van der Waals surface area (Å²) in [5.74, 6) is 0.658. The number of aromatic nitrogens is 2. The van der Waals surface area contributed by atoms with Crippen molar-refractivity contribution in [3.8, 4) is 0 Å². The van der Waals surface area contributed by atoms with Crippen molar-refractivity contribution in [3.63, 3.8) is 0 Å². The summed E-state index contributed by atoms with van der Waals surface area (Å²) >= 11 is 3.65. The van der Waals surface area contributed by atoms with E-state index in [1.54, 1.807) is 0 Å². The van der Waals surface area contributed by atoms with E-state index < -0.39 is 0 Å². The van der Waals surface area contributed by atoms with E-state index in [1.165, 1.54) is 31.4 Å². The molecule has 2 aliphatic heterocycles. The fourth-order valence-electron chi connectivity index (χ4n) is 4.09. The molecule has 5 heteroatoms. The predicted molar refractivity (Wildman–Crippen MR) is 84.6 cm³/mol. The molecular formula is C15H25BrN4. The summed E-state index contributed by atoms with van der Waals surface area (Å²) in [6.07, 6.45) is 6.18. The Morgan fingerprint density at radius 2 is 1.90 bits per heavy atom. The Morgan fingerprint density at radius 1 is 1.30 bits per heavy atom. The molecule has 3 heterocycles. The SMILES string of the molecule is Cc1nn(C)c(CC(N)C2CC3CCC(C2)N3C)c1Br. The molecule has 3 rings (SSSR count). The van der Waals surface area contributed by atoms with Crippen LogP contribution in [-0.2, 0) is 13.5 Å². The lowest BCUT2D eigenvalue weighted by Crippen LogP contribution is -2.46. The molecule has 0 aliphatic carbocycles. The van der Waals surface area contributed by atoms with Gasteiger partial charge in [-0.1, -0.05) is 0 Å². The molecule has 0 spiro atoms. The number of halogens is 1. The standard InChI is InChI=1S/C15H25BrN4/c1-9-15(16)14(20(3)18-9)8-13(17)10-6-11-4-5-12(7-10)19(11)2/h10-13H,4-8,17H2,1-3H3. The third kappa shape index (κ3) is 2.44. The molecule has 2 aliphatic rings. The molecule has 0 saturated carbocycles. The summed E-state index contributed by atoms with van der Waals surface area (Å²) in [5.41, 5.74) is 8.84. The quantitative estimate of drug-likeness (QED) is 0.917. The van der Waals surface area contributed by atoms with Gasteiger partial charge in [0.15, 0.2) is 0 Å². The average molecular weight is 341 g/mol. The molecule has 1 aromatic rings. The number of piperidine rings is 1. The van der Waals surface area contributed by atoms with E-state index in [4.69, 9.17) is 5.73 Å². The zero-order valence-electron chi connectivity index (χ0n) is 12.6. The Balaban J connectivity index is 1.69. The maximum absolute atomic E-state index is 6.54. The number of hydrogen-bond donors (Lipinski definition) is 1. The summed E-state index contributed by atoms with van der Waals surface area (Å²) in [5, 5.41) is 4.47. The van der Waals surface area contributed by atoms with E-state index in [1.807, 2.05) is 18.7 Å². The smallest absolute Gasteiger partial charge is 0.0738 e. The summed E-state index contributed by atoms with van der Waals surface area (Å²) in [6, 6.07) is 1.78. The molecule has 4 nitrogen and oxygen atoms in total. The van der Waals surface area contributed by atoms with Gasteiger partial charge in [0, 0.05) is 31.6 Å². The van der Waals surface area contributed by atoms with Crippen molar-refractivity contribution in [2.24, 2.45) is 18.7 Å². The third-order valence-electron chi connectivity index (χ3n) is 5.43. The molecular weight excluding hydrogens is 316 g/mol. The van der Waals surface area contributed by atoms with Crippen LogP contribution < -0.4 is 5.73 Å². The van der Waals surface area contributed by atoms with Gasteiger partial charge in [0.1, 0.15) is 0 Å². The minimum atomic E-state index is 0.248. The Kier molecular flexibility index (Phi) is 3.95. The normalized spacial score (nSPS) is 31.8. The highest BCUT2D eigenvalue weighted by molar-refractivity contribution is 9.10. The van der Waals surface area contributed by atoms with Gasteiger partial charge in [-0.05, 0) is 61.5 Å². The van der Waals surface area contributed by atoms with Gasteiger partial charge in [0.2, 0.25) is 0 Å². The van der Waals surface area contributed by atoms with E-state index in [0.717, 1.165) is 28.7 Å². The number of fused-ring (bicyclic) bond motifs is 2. The topological polar surface area (TPSA) is 47.1 Å². The highest BCUT2D eigenvalue weighted by Crippen LogP contribution is 2.39. The lowest BCUT2D eigenvalue weighted by atomic mass is 9.83. The van der Waals surface area contributed by atoms with Gasteiger partial charge in [0.25, 0.3) is 0 Å². The van der Waals surface area contributed by atoms with Gasteiger partial charge in [-0.15, -0.1) is 0 Å². The second kappa shape index (κ2) is 5.43. The summed E-state index contributed by atoms with van der Waals surface area (Å²) in [6.45, 7) is 2.04. The van der Waals surface area contributed by atoms with Gasteiger partial charge in [-0.25, -0.2) is 0 Å². The highest BCUT2D eigenvalue weighted by atomic mass is 79.9. The molecule has 2 bridgehead atoms. The van der Waals surface area contributed by atoms with Gasteiger partial charge < -0.3 is 10.6 Å². The summed E-state index contributed by atoms with van der Waals surface area (Å²) in [7, 11) is 4.29. The predicted octanol–water partition coefficient (Wildman–Crippen LogP) is 2.23. The third-order valence-corrected chi connectivity index (χ3v) is 6.46. The van der Waals surface area contributed by atoms with Crippen LogP contribution in [0.25, 0.3) is 0 Å². The number of aryl methyl sites for hydroxylation is 2. The van der Waals surface area contributed by atoms with Crippen LogP contribution in [0.15, 0.2) is 4.47 Å². The van der Waals surface area contributed by atoms with Crippen LogP contribution in [0.1, 0.15) is 37.1 Å². The Hall–Kier alpha value is -0.390. The van der Waals surface area contributed by atoms with E-state index >= 15 is 0 Å². The lowest BCUT2D eigenvalue weighted by Gasteiger charge is -2.38. The van der Waals surface area contributed by atoms with Crippen LogP contribution in [0.3, 0.4) is 0 Å². The second-order valence-corrected chi connectivity index (χ2v) is 7.41. The maximum Gasteiger partial charge on any atom is 0.0738 e. The van der Waals surface area contributed by atoms with Gasteiger partial charge in [-0.3, -0.25) is 4.68 Å². The molecule has 3 atom stereocenters. The van der Waals surface area contributed by atoms with Crippen molar-refractivity contribution >= 4 is 15.9 Å². The molecule has 3 unspecified atom stereocenters. The van der Waals surface area contributed by atoms with Crippen molar-refractivity contribution < 1.29 is 0 Å². The van der Waals surface area contributed by atoms with Crippen LogP contribution in [0, 0.1) is 12.8 Å². The summed E-state index contributed by atoms with van der Waals surface area (Å²) < 4.78 is 3.11. The fourth-order valence-corrected chi connectivity index (χ4v) is 4.59. The Morgan fingerprint density at radius 3 is 2.40 bits per heavy atom. The van der Waals surface area contributed by atoms with Gasteiger partial charge >= 0.3 is 0 Å². The van der Waals surface area contributed by atoms with Crippen molar-refractivity contribution in [2.45, 2.75) is 57.2 Å². The minimum absolute atomic E-state index is 0.248. The van der Waals surface area contributed by atoms with Crippen LogP contribution in [0.4, 0.5) is 0 Å². The molecule has 2 N–H and O–H groups in total. The minimum Gasteiger partial charge on any atom is -0.327 e. The number of hydrogen-bond acceptors (Lipinski definition) is 3. The fraction of sp³-hybridized carbons (Fsp3) is 0.800. The zero-order chi connectivity index (χ0) is 14.4. The molecule has 20 heavy (non-hydrogen) atoms. The first kappa shape index (κ1) is 14.5. The Labute approximate surface area is 129 Å². The van der Waals surface area contributed by atoms with E-state index in [0.29, 0.717) is 5.92 Å². The van der Waals surface area contributed by atoms with E-state index in [-0.39, 0.29) is 6.04 Å². The average Bonchev–Trinajstić information content (AvgIpc) is 2.76. The summed E-state index contributed by atoms with van der Waals surface area (Å²) in [4.78, 5) is 2.58. The molecule has 2 saturated heterocycles. The van der Waals surface area contributed by atoms with Crippen LogP contribution >= 0.6 is 15.9 Å². The molecule has 0 amide bonds. The molecule has 112 valence electrons.